The lowest BCUT2D eigenvalue weighted by molar-refractivity contribution is 1.09. The predicted molar refractivity (Wildman–Crippen MR) is 41.6 cm³/mol. The number of hydrogen-bond acceptors (Lipinski definition) is 1. The fourth-order valence-corrected chi connectivity index (χ4v) is 0.882. The third-order valence-electron chi connectivity index (χ3n) is 1.14. The molecule has 1 atom stereocenters. The normalized spacial score (nSPS) is 13.1. The number of nitrogens with zero attached hydrogens (tertiary/aromatic N) is 1. The van der Waals surface area contributed by atoms with Gasteiger partial charge in [0, 0.05) is 17.2 Å². The number of hydrogen-bond donors (Lipinski definition) is 0. The van der Waals surface area contributed by atoms with Crippen molar-refractivity contribution in [3.63, 3.8) is 0 Å². The van der Waals surface area contributed by atoms with Crippen LogP contribution in [0.3, 0.4) is 0 Å². The number of halogens is 1. The average molecular weight is 186 g/mol. The van der Waals surface area contributed by atoms with Crippen molar-refractivity contribution in [1.29, 1.82) is 0 Å². The van der Waals surface area contributed by atoms with E-state index < -0.39 is 0 Å². The van der Waals surface area contributed by atoms with E-state index in [1.165, 1.54) is 5.56 Å². The van der Waals surface area contributed by atoms with Crippen LogP contribution < -0.4 is 0 Å². The fraction of sp³-hybridized carbons (Fsp3) is 0.286. The van der Waals surface area contributed by atoms with Crippen LogP contribution in [0.2, 0.25) is 0 Å². The van der Waals surface area contributed by atoms with Gasteiger partial charge in [0.2, 0.25) is 0 Å². The molecule has 1 nitrogen and oxygen atoms in total. The van der Waals surface area contributed by atoms with Crippen LogP contribution in [0.4, 0.5) is 0 Å². The highest BCUT2D eigenvalue weighted by molar-refractivity contribution is 9.09. The Labute approximate surface area is 63.2 Å². The van der Waals surface area contributed by atoms with E-state index in [0.717, 1.165) is 0 Å². The van der Waals surface area contributed by atoms with Crippen LogP contribution in [0.5, 0.6) is 0 Å². The van der Waals surface area contributed by atoms with Crippen molar-refractivity contribution in [3.05, 3.63) is 30.1 Å². The van der Waals surface area contributed by atoms with E-state index in [1.807, 2.05) is 18.3 Å². The Morgan fingerprint density at radius 3 is 2.78 bits per heavy atom. The maximum Gasteiger partial charge on any atom is 0.0382 e. The van der Waals surface area contributed by atoms with Gasteiger partial charge in [-0.2, -0.15) is 0 Å². The van der Waals surface area contributed by atoms with Crippen molar-refractivity contribution in [2.75, 3.05) is 0 Å². The Morgan fingerprint density at radius 2 is 2.44 bits per heavy atom. The summed E-state index contributed by atoms with van der Waals surface area (Å²) in [5.41, 5.74) is 1.22. The molecule has 0 bridgehead atoms. The molecule has 0 aromatic carbocycles. The molecule has 9 heavy (non-hydrogen) atoms. The lowest BCUT2D eigenvalue weighted by Crippen LogP contribution is -1.82. The molecule has 0 amide bonds. The lowest BCUT2D eigenvalue weighted by Gasteiger charge is -1.98. The molecular formula is C7H8BrN. The van der Waals surface area contributed by atoms with Gasteiger partial charge in [0.25, 0.3) is 0 Å². The van der Waals surface area contributed by atoms with Gasteiger partial charge in [-0.1, -0.05) is 22.0 Å². The minimum Gasteiger partial charge on any atom is -0.264 e. The molecular weight excluding hydrogens is 178 g/mol. The van der Waals surface area contributed by atoms with Gasteiger partial charge in [0.15, 0.2) is 0 Å². The van der Waals surface area contributed by atoms with Crippen molar-refractivity contribution in [1.82, 2.24) is 4.98 Å². The Morgan fingerprint density at radius 1 is 1.67 bits per heavy atom. The second kappa shape index (κ2) is 2.97. The van der Waals surface area contributed by atoms with Crippen molar-refractivity contribution in [3.8, 4) is 0 Å². The third kappa shape index (κ3) is 1.79. The highest BCUT2D eigenvalue weighted by atomic mass is 79.9. The van der Waals surface area contributed by atoms with Gasteiger partial charge in [0.1, 0.15) is 0 Å². The van der Waals surface area contributed by atoms with Crippen LogP contribution in [-0.2, 0) is 0 Å². The maximum absolute atomic E-state index is 3.98. The Balaban J connectivity index is 2.85. The quantitative estimate of drug-likeness (QED) is 0.614. The first-order valence-electron chi connectivity index (χ1n) is 2.84. The monoisotopic (exact) mass is 185 g/mol. The van der Waals surface area contributed by atoms with Gasteiger partial charge in [-0.15, -0.1) is 0 Å². The molecule has 0 N–H and O–H groups in total. The number of aromatic nitrogens is 1. The predicted octanol–water partition coefficient (Wildman–Crippen LogP) is 2.54. The van der Waals surface area contributed by atoms with Crippen LogP contribution >= 0.6 is 15.9 Å². The van der Waals surface area contributed by atoms with Crippen molar-refractivity contribution in [2.24, 2.45) is 0 Å². The van der Waals surface area contributed by atoms with E-state index in [4.69, 9.17) is 0 Å². The van der Waals surface area contributed by atoms with Crippen LogP contribution in [-0.4, -0.2) is 4.98 Å². The summed E-state index contributed by atoms with van der Waals surface area (Å²) in [7, 11) is 0. The Hall–Kier alpha value is -0.370. The van der Waals surface area contributed by atoms with Gasteiger partial charge in [-0.05, 0) is 18.6 Å². The zero-order chi connectivity index (χ0) is 6.69. The van der Waals surface area contributed by atoms with Crippen LogP contribution in [0.1, 0.15) is 17.3 Å². The third-order valence-corrected chi connectivity index (χ3v) is 1.67. The number of pyridine rings is 1. The summed E-state index contributed by atoms with van der Waals surface area (Å²) in [4.78, 5) is 4.38. The minimum absolute atomic E-state index is 0.409. The first-order chi connectivity index (χ1) is 4.30. The molecule has 0 aliphatic rings. The summed E-state index contributed by atoms with van der Waals surface area (Å²) in [6.45, 7) is 2.08. The molecule has 0 saturated carbocycles. The van der Waals surface area contributed by atoms with Gasteiger partial charge < -0.3 is 0 Å². The SMILES string of the molecule is C[C@H](Br)c1cccnc1. The van der Waals surface area contributed by atoms with Gasteiger partial charge in [-0.3, -0.25) is 4.98 Å². The summed E-state index contributed by atoms with van der Waals surface area (Å²) in [5.74, 6) is 0. The Bertz CT molecular complexity index is 172. The molecule has 1 heterocycles. The van der Waals surface area contributed by atoms with E-state index in [2.05, 4.69) is 27.8 Å². The summed E-state index contributed by atoms with van der Waals surface area (Å²) in [6.07, 6.45) is 3.64. The largest absolute Gasteiger partial charge is 0.264 e. The summed E-state index contributed by atoms with van der Waals surface area (Å²) in [5, 5.41) is 0. The highest BCUT2D eigenvalue weighted by Crippen LogP contribution is 2.19. The fourth-order valence-electron chi connectivity index (χ4n) is 0.611. The van der Waals surface area contributed by atoms with E-state index >= 15 is 0 Å². The molecule has 0 aliphatic heterocycles. The van der Waals surface area contributed by atoms with Crippen molar-refractivity contribution >= 4 is 15.9 Å². The second-order valence-electron chi connectivity index (χ2n) is 1.90. The first-order valence-corrected chi connectivity index (χ1v) is 3.76. The number of rotatable bonds is 1. The molecule has 48 valence electrons. The summed E-state index contributed by atoms with van der Waals surface area (Å²) < 4.78 is 0. The topological polar surface area (TPSA) is 12.9 Å². The maximum atomic E-state index is 3.98. The summed E-state index contributed by atoms with van der Waals surface area (Å²) >= 11 is 3.44. The Kier molecular flexibility index (Phi) is 2.22. The molecule has 1 aromatic rings. The average Bonchev–Trinajstić information content (AvgIpc) is 1.90. The van der Waals surface area contributed by atoms with Crippen molar-refractivity contribution in [2.45, 2.75) is 11.8 Å². The standard InChI is InChI=1S/C7H8BrN/c1-6(8)7-3-2-4-9-5-7/h2-6H,1H3/t6-/m0/s1. The smallest absolute Gasteiger partial charge is 0.0382 e. The second-order valence-corrected chi connectivity index (χ2v) is 3.28. The molecule has 1 aromatic heterocycles. The number of alkyl halides is 1. The van der Waals surface area contributed by atoms with E-state index in [9.17, 15) is 0 Å². The molecule has 0 spiro atoms. The van der Waals surface area contributed by atoms with Gasteiger partial charge >= 0.3 is 0 Å². The van der Waals surface area contributed by atoms with Gasteiger partial charge in [-0.25, -0.2) is 0 Å². The zero-order valence-electron chi connectivity index (χ0n) is 5.21. The van der Waals surface area contributed by atoms with Crippen LogP contribution in [0.15, 0.2) is 24.5 Å². The lowest BCUT2D eigenvalue weighted by atomic mass is 10.2. The molecule has 0 saturated heterocycles. The molecule has 0 fully saturated rings. The van der Waals surface area contributed by atoms with Gasteiger partial charge in [0.05, 0.1) is 0 Å². The summed E-state index contributed by atoms with van der Waals surface area (Å²) in [6, 6.07) is 3.99. The molecule has 0 unspecified atom stereocenters. The van der Waals surface area contributed by atoms with Crippen LogP contribution in [0, 0.1) is 0 Å². The van der Waals surface area contributed by atoms with E-state index in [0.29, 0.717) is 4.83 Å². The van der Waals surface area contributed by atoms with E-state index in [1.54, 1.807) is 6.20 Å². The van der Waals surface area contributed by atoms with Crippen LogP contribution in [0.25, 0.3) is 0 Å². The minimum atomic E-state index is 0.409. The zero-order valence-corrected chi connectivity index (χ0v) is 6.80. The molecule has 0 radical (unpaired) electrons. The molecule has 2 heteroatoms. The molecule has 1 rings (SSSR count). The van der Waals surface area contributed by atoms with Crippen molar-refractivity contribution < 1.29 is 0 Å². The first kappa shape index (κ1) is 6.75. The molecule has 0 aliphatic carbocycles. The highest BCUT2D eigenvalue weighted by Gasteiger charge is 1.96. The van der Waals surface area contributed by atoms with E-state index in [-0.39, 0.29) is 0 Å².